The van der Waals surface area contributed by atoms with E-state index in [1.807, 2.05) is 0 Å². The number of benzene rings is 2. The summed E-state index contributed by atoms with van der Waals surface area (Å²) >= 11 is 0. The topological polar surface area (TPSA) is 0 Å². The third kappa shape index (κ3) is 6.20. The first kappa shape index (κ1) is 18.7. The average Bonchev–Trinajstić information content (AvgIpc) is 2.56. The van der Waals surface area contributed by atoms with Crippen LogP contribution in [0.5, 0.6) is 0 Å². The van der Waals surface area contributed by atoms with Gasteiger partial charge in [-0.25, -0.2) is 0 Å². The van der Waals surface area contributed by atoms with E-state index in [-0.39, 0.29) is 16.3 Å². The summed E-state index contributed by atoms with van der Waals surface area (Å²) in [5.74, 6) is 2.44. The molecule has 0 spiro atoms. The lowest BCUT2D eigenvalue weighted by molar-refractivity contribution is 0.675. The summed E-state index contributed by atoms with van der Waals surface area (Å²) in [7, 11) is -0.356. The Kier molecular flexibility index (Phi) is 9.59. The van der Waals surface area contributed by atoms with Gasteiger partial charge in [-0.15, -0.1) is 0 Å². The molecule has 0 fully saturated rings. The molecule has 2 aromatic carbocycles. The molecular formula is C20H25BP. The molecule has 0 saturated carbocycles. The second-order valence-electron chi connectivity index (χ2n) is 5.28. The smallest absolute Gasteiger partial charge is 0 e. The Morgan fingerprint density at radius 1 is 0.773 bits per heavy atom. The Hall–Kier alpha value is -1.33. The first-order chi connectivity index (χ1) is 10.4. The monoisotopic (exact) mass is 307 g/mol. The van der Waals surface area contributed by atoms with Gasteiger partial charge in [-0.05, 0) is 31.4 Å². The number of hydrogen-bond acceptors (Lipinski definition) is 0. The predicted molar refractivity (Wildman–Crippen MR) is 103 cm³/mol. The summed E-state index contributed by atoms with van der Waals surface area (Å²) in [6.07, 6.45) is 8.94. The van der Waals surface area contributed by atoms with Gasteiger partial charge in [-0.1, -0.05) is 98.7 Å². The second-order valence-corrected chi connectivity index (χ2v) is 7.35. The van der Waals surface area contributed by atoms with E-state index < -0.39 is 0 Å². The first-order valence-electron chi connectivity index (χ1n) is 7.98. The minimum absolute atomic E-state index is 0. The van der Waals surface area contributed by atoms with Crippen molar-refractivity contribution in [1.29, 1.82) is 0 Å². The highest BCUT2D eigenvalue weighted by Gasteiger charge is 2.08. The summed E-state index contributed by atoms with van der Waals surface area (Å²) in [5.41, 5.74) is 0. The van der Waals surface area contributed by atoms with E-state index in [9.17, 15) is 0 Å². The summed E-state index contributed by atoms with van der Waals surface area (Å²) < 4.78 is 0. The molecule has 0 unspecified atom stereocenters. The molecule has 0 saturated heterocycles. The number of allylic oxidation sites excluding steroid dienone is 1. The van der Waals surface area contributed by atoms with E-state index in [4.69, 9.17) is 0 Å². The Balaban J connectivity index is 0.00000242. The average molecular weight is 307 g/mol. The molecule has 0 nitrogen and oxygen atoms in total. The van der Waals surface area contributed by atoms with E-state index in [1.54, 1.807) is 0 Å². The third-order valence-electron chi connectivity index (χ3n) is 3.55. The Morgan fingerprint density at radius 3 is 1.82 bits per heavy atom. The highest BCUT2D eigenvalue weighted by atomic mass is 31.1. The molecule has 0 aliphatic rings. The number of unbranched alkanes of at least 4 members (excludes halogenated alkanes) is 4. The first-order valence-corrected chi connectivity index (χ1v) is 9.39. The maximum absolute atomic E-state index is 2.44. The van der Waals surface area contributed by atoms with Crippen LogP contribution in [0.3, 0.4) is 0 Å². The number of hydrogen-bond donors (Lipinski definition) is 0. The molecule has 0 atom stereocenters. The lowest BCUT2D eigenvalue weighted by Crippen LogP contribution is -2.09. The summed E-state index contributed by atoms with van der Waals surface area (Å²) in [6, 6.07) is 21.8. The SMILES string of the molecule is CCCCCC/C=C\P(c1ccccc1)c1ccccc1.[B]. The standard InChI is InChI=1S/C20H25P.B/c1-2-3-4-5-6-13-18-21(19-14-9-7-10-15-19)20-16-11-8-12-17-20;/h7-18H,2-6H2,1H3;/b18-13-;. The highest BCUT2D eigenvalue weighted by molar-refractivity contribution is 7.75. The van der Waals surface area contributed by atoms with Crippen LogP contribution >= 0.6 is 7.92 Å². The molecule has 3 radical (unpaired) electrons. The fourth-order valence-electron chi connectivity index (χ4n) is 2.37. The van der Waals surface area contributed by atoms with E-state index >= 15 is 0 Å². The molecule has 113 valence electrons. The van der Waals surface area contributed by atoms with Crippen LogP contribution in [0.15, 0.2) is 72.6 Å². The van der Waals surface area contributed by atoms with Crippen LogP contribution in [0.1, 0.15) is 39.0 Å². The van der Waals surface area contributed by atoms with Crippen molar-refractivity contribution in [3.8, 4) is 0 Å². The van der Waals surface area contributed by atoms with E-state index in [2.05, 4.69) is 79.5 Å². The van der Waals surface area contributed by atoms with Crippen molar-refractivity contribution in [3.63, 3.8) is 0 Å². The zero-order valence-corrected chi connectivity index (χ0v) is 14.4. The summed E-state index contributed by atoms with van der Waals surface area (Å²) in [4.78, 5) is 0. The van der Waals surface area contributed by atoms with Crippen LogP contribution < -0.4 is 10.6 Å². The second kappa shape index (κ2) is 11.3. The zero-order valence-electron chi connectivity index (χ0n) is 13.5. The van der Waals surface area contributed by atoms with Gasteiger partial charge in [-0.2, -0.15) is 0 Å². The van der Waals surface area contributed by atoms with Gasteiger partial charge < -0.3 is 0 Å². The van der Waals surface area contributed by atoms with Crippen LogP contribution in [-0.4, -0.2) is 8.41 Å². The predicted octanol–water partition coefficient (Wildman–Crippen LogP) is 5.22. The lowest BCUT2D eigenvalue weighted by atomic mass is 10.2. The van der Waals surface area contributed by atoms with Crippen molar-refractivity contribution < 1.29 is 0 Å². The van der Waals surface area contributed by atoms with Gasteiger partial charge >= 0.3 is 0 Å². The maximum Gasteiger partial charge on any atom is 0 e. The molecule has 0 bridgehead atoms. The molecule has 0 aliphatic heterocycles. The van der Waals surface area contributed by atoms with Crippen molar-refractivity contribution >= 4 is 26.9 Å². The van der Waals surface area contributed by atoms with Crippen LogP contribution in [0.25, 0.3) is 0 Å². The van der Waals surface area contributed by atoms with E-state index in [1.165, 1.54) is 42.7 Å². The van der Waals surface area contributed by atoms with Crippen molar-refractivity contribution in [2.45, 2.75) is 39.0 Å². The van der Waals surface area contributed by atoms with Crippen LogP contribution in [0, 0.1) is 0 Å². The fraction of sp³-hybridized carbons (Fsp3) is 0.300. The Bertz CT molecular complexity index is 482. The Labute approximate surface area is 139 Å². The molecule has 0 aliphatic carbocycles. The van der Waals surface area contributed by atoms with Gasteiger partial charge in [0.25, 0.3) is 0 Å². The molecule has 0 amide bonds. The van der Waals surface area contributed by atoms with Crippen molar-refractivity contribution in [3.05, 3.63) is 72.6 Å². The third-order valence-corrected chi connectivity index (χ3v) is 5.77. The van der Waals surface area contributed by atoms with Gasteiger partial charge in [0.1, 0.15) is 0 Å². The largest absolute Gasteiger partial charge is 0.0834 e. The zero-order chi connectivity index (χ0) is 14.8. The highest BCUT2D eigenvalue weighted by Crippen LogP contribution is 2.35. The maximum atomic E-state index is 2.44. The van der Waals surface area contributed by atoms with Gasteiger partial charge in [0, 0.05) is 8.41 Å². The molecule has 22 heavy (non-hydrogen) atoms. The van der Waals surface area contributed by atoms with Gasteiger partial charge in [0.15, 0.2) is 0 Å². The van der Waals surface area contributed by atoms with Crippen molar-refractivity contribution in [2.75, 3.05) is 0 Å². The minimum atomic E-state index is -0.356. The quantitative estimate of drug-likeness (QED) is 0.356. The Morgan fingerprint density at radius 2 is 1.32 bits per heavy atom. The lowest BCUT2D eigenvalue weighted by Gasteiger charge is -2.14. The molecule has 2 rings (SSSR count). The van der Waals surface area contributed by atoms with E-state index in [0.29, 0.717) is 0 Å². The summed E-state index contributed by atoms with van der Waals surface area (Å²) in [5, 5.41) is 2.87. The molecule has 0 heterocycles. The molecule has 0 N–H and O–H groups in total. The van der Waals surface area contributed by atoms with E-state index in [0.717, 1.165) is 0 Å². The van der Waals surface area contributed by atoms with Crippen LogP contribution in [0.4, 0.5) is 0 Å². The van der Waals surface area contributed by atoms with Gasteiger partial charge in [-0.3, -0.25) is 0 Å². The van der Waals surface area contributed by atoms with Crippen LogP contribution in [0.2, 0.25) is 0 Å². The van der Waals surface area contributed by atoms with Crippen molar-refractivity contribution in [2.24, 2.45) is 0 Å². The molecule has 2 heteroatoms. The fourth-order valence-corrected chi connectivity index (χ4v) is 4.36. The van der Waals surface area contributed by atoms with Crippen LogP contribution in [-0.2, 0) is 0 Å². The minimum Gasteiger partial charge on any atom is -0.0834 e. The van der Waals surface area contributed by atoms with Gasteiger partial charge in [0.2, 0.25) is 0 Å². The molecule has 2 aromatic rings. The summed E-state index contributed by atoms with van der Waals surface area (Å²) in [6.45, 7) is 2.26. The normalized spacial score (nSPS) is 10.8. The number of rotatable bonds is 8. The van der Waals surface area contributed by atoms with Crippen molar-refractivity contribution in [1.82, 2.24) is 0 Å². The molecule has 0 aromatic heterocycles. The molecular weight excluding hydrogens is 282 g/mol. The van der Waals surface area contributed by atoms with Gasteiger partial charge in [0.05, 0.1) is 0 Å².